The van der Waals surface area contributed by atoms with E-state index in [0.717, 1.165) is 4.90 Å². The predicted molar refractivity (Wildman–Crippen MR) is 66.6 cm³/mol. The number of thiol groups is 1. The second-order valence-electron chi connectivity index (χ2n) is 3.25. The fraction of sp³-hybridized carbons (Fsp3) is 0. The summed E-state index contributed by atoms with van der Waals surface area (Å²) in [4.78, 5) is 1.07. The van der Waals surface area contributed by atoms with Gasteiger partial charge in [-0.25, -0.2) is 0 Å². The quantitative estimate of drug-likeness (QED) is 0.531. The Bertz CT molecular complexity index is 608. The van der Waals surface area contributed by atoms with E-state index in [2.05, 4.69) is 49.0 Å². The fourth-order valence-electron chi connectivity index (χ4n) is 1.76. The van der Waals surface area contributed by atoms with Crippen molar-refractivity contribution in [2.75, 3.05) is 0 Å². The number of thiophene rings is 1. The standard InChI is InChI=1S/C12H8S2/c13-9-5-3-7-11-12(9)8-4-1-2-6-10(8)14-11/h1-7,13H. The van der Waals surface area contributed by atoms with Gasteiger partial charge in [0.25, 0.3) is 0 Å². The van der Waals surface area contributed by atoms with Gasteiger partial charge in [0.05, 0.1) is 0 Å². The van der Waals surface area contributed by atoms with Gasteiger partial charge < -0.3 is 0 Å². The molecule has 3 aromatic rings. The average Bonchev–Trinajstić information content (AvgIpc) is 2.57. The van der Waals surface area contributed by atoms with E-state index in [-0.39, 0.29) is 0 Å². The van der Waals surface area contributed by atoms with Crippen LogP contribution >= 0.6 is 24.0 Å². The molecule has 0 spiro atoms. The lowest BCUT2D eigenvalue weighted by Crippen LogP contribution is -1.68. The lowest BCUT2D eigenvalue weighted by Gasteiger charge is -1.94. The number of rotatable bonds is 0. The minimum absolute atomic E-state index is 1.07. The first kappa shape index (κ1) is 8.33. The zero-order valence-corrected chi connectivity index (χ0v) is 9.11. The molecular weight excluding hydrogens is 208 g/mol. The van der Waals surface area contributed by atoms with Crippen molar-refractivity contribution in [3.63, 3.8) is 0 Å². The Morgan fingerprint density at radius 3 is 2.57 bits per heavy atom. The van der Waals surface area contributed by atoms with Crippen LogP contribution in [0.5, 0.6) is 0 Å². The molecule has 0 amide bonds. The molecule has 0 nitrogen and oxygen atoms in total. The second-order valence-corrected chi connectivity index (χ2v) is 4.81. The van der Waals surface area contributed by atoms with Crippen LogP contribution in [0.25, 0.3) is 20.2 Å². The molecule has 14 heavy (non-hydrogen) atoms. The van der Waals surface area contributed by atoms with Crippen molar-refractivity contribution in [2.45, 2.75) is 4.90 Å². The molecule has 0 N–H and O–H groups in total. The Labute approximate surface area is 91.6 Å². The smallest absolute Gasteiger partial charge is 0.0366 e. The monoisotopic (exact) mass is 216 g/mol. The lowest BCUT2D eigenvalue weighted by molar-refractivity contribution is 1.60. The first-order valence-electron chi connectivity index (χ1n) is 4.45. The van der Waals surface area contributed by atoms with E-state index in [1.165, 1.54) is 20.2 Å². The first-order valence-corrected chi connectivity index (χ1v) is 5.72. The summed E-state index contributed by atoms with van der Waals surface area (Å²) < 4.78 is 2.66. The third-order valence-corrected chi connectivity index (χ3v) is 3.89. The summed E-state index contributed by atoms with van der Waals surface area (Å²) >= 11 is 6.33. The van der Waals surface area contributed by atoms with Crippen LogP contribution in [0.2, 0.25) is 0 Å². The van der Waals surface area contributed by atoms with E-state index in [1.54, 1.807) is 0 Å². The molecule has 0 saturated carbocycles. The normalized spacial score (nSPS) is 11.2. The van der Waals surface area contributed by atoms with Crippen LogP contribution in [0.3, 0.4) is 0 Å². The van der Waals surface area contributed by atoms with Crippen molar-refractivity contribution in [1.82, 2.24) is 0 Å². The van der Waals surface area contributed by atoms with Crippen LogP contribution in [0.4, 0.5) is 0 Å². The van der Waals surface area contributed by atoms with Crippen molar-refractivity contribution >= 4 is 44.1 Å². The minimum atomic E-state index is 1.07. The minimum Gasteiger partial charge on any atom is -0.143 e. The van der Waals surface area contributed by atoms with E-state index in [0.29, 0.717) is 0 Å². The summed E-state index contributed by atoms with van der Waals surface area (Å²) in [6.07, 6.45) is 0. The van der Waals surface area contributed by atoms with E-state index < -0.39 is 0 Å². The summed E-state index contributed by atoms with van der Waals surface area (Å²) in [6.45, 7) is 0. The number of hydrogen-bond donors (Lipinski definition) is 1. The molecule has 68 valence electrons. The average molecular weight is 216 g/mol. The molecule has 1 heterocycles. The molecule has 1 aromatic heterocycles. The van der Waals surface area contributed by atoms with Crippen LogP contribution < -0.4 is 0 Å². The number of benzene rings is 2. The lowest BCUT2D eigenvalue weighted by atomic mass is 10.1. The highest BCUT2D eigenvalue weighted by molar-refractivity contribution is 7.80. The summed E-state index contributed by atoms with van der Waals surface area (Å²) in [5.41, 5.74) is 0. The Hall–Kier alpha value is -0.990. The van der Waals surface area contributed by atoms with Crippen molar-refractivity contribution in [2.24, 2.45) is 0 Å². The molecule has 2 heteroatoms. The third-order valence-electron chi connectivity index (χ3n) is 2.38. The van der Waals surface area contributed by atoms with Crippen molar-refractivity contribution in [3.05, 3.63) is 42.5 Å². The number of fused-ring (bicyclic) bond motifs is 3. The number of hydrogen-bond acceptors (Lipinski definition) is 2. The molecular formula is C12H8S2. The predicted octanol–water partition coefficient (Wildman–Crippen LogP) is 4.34. The van der Waals surface area contributed by atoms with Gasteiger partial charge in [-0.05, 0) is 18.2 Å². The van der Waals surface area contributed by atoms with E-state index in [1.807, 2.05) is 17.4 Å². The summed E-state index contributed by atoms with van der Waals surface area (Å²) in [5.74, 6) is 0. The molecule has 0 aliphatic carbocycles. The largest absolute Gasteiger partial charge is 0.143 e. The summed E-state index contributed by atoms with van der Waals surface area (Å²) in [5, 5.41) is 2.61. The molecule has 0 unspecified atom stereocenters. The highest BCUT2D eigenvalue weighted by atomic mass is 32.1. The molecule has 2 aromatic carbocycles. The maximum Gasteiger partial charge on any atom is 0.0366 e. The molecule has 0 aliphatic heterocycles. The first-order chi connectivity index (χ1) is 6.86. The van der Waals surface area contributed by atoms with Gasteiger partial charge in [0.2, 0.25) is 0 Å². The van der Waals surface area contributed by atoms with Crippen LogP contribution in [0, 0.1) is 0 Å². The van der Waals surface area contributed by atoms with Crippen molar-refractivity contribution < 1.29 is 0 Å². The van der Waals surface area contributed by atoms with Crippen LogP contribution in [-0.2, 0) is 0 Å². The second kappa shape index (κ2) is 3.01. The van der Waals surface area contributed by atoms with Gasteiger partial charge in [-0.15, -0.1) is 24.0 Å². The van der Waals surface area contributed by atoms with Crippen molar-refractivity contribution in [1.29, 1.82) is 0 Å². The van der Waals surface area contributed by atoms with Crippen LogP contribution in [0.15, 0.2) is 47.4 Å². The highest BCUT2D eigenvalue weighted by Crippen LogP contribution is 2.36. The Balaban J connectivity index is 2.65. The topological polar surface area (TPSA) is 0 Å². The Morgan fingerprint density at radius 1 is 0.857 bits per heavy atom. The Morgan fingerprint density at radius 2 is 1.64 bits per heavy atom. The molecule has 0 radical (unpaired) electrons. The zero-order valence-electron chi connectivity index (χ0n) is 7.40. The third kappa shape index (κ3) is 1.08. The molecule has 3 rings (SSSR count). The maximum absolute atomic E-state index is 4.50. The van der Waals surface area contributed by atoms with Gasteiger partial charge in [-0.2, -0.15) is 0 Å². The summed E-state index contributed by atoms with van der Waals surface area (Å²) in [7, 11) is 0. The van der Waals surface area contributed by atoms with Crippen LogP contribution in [0.1, 0.15) is 0 Å². The molecule has 0 saturated heterocycles. The molecule has 0 aliphatic rings. The van der Waals surface area contributed by atoms with Crippen LogP contribution in [-0.4, -0.2) is 0 Å². The SMILES string of the molecule is Sc1cccc2sc3ccccc3c12. The Kier molecular flexibility index (Phi) is 1.79. The molecule has 0 bridgehead atoms. The van der Waals surface area contributed by atoms with Gasteiger partial charge in [0.15, 0.2) is 0 Å². The van der Waals surface area contributed by atoms with Crippen molar-refractivity contribution in [3.8, 4) is 0 Å². The van der Waals surface area contributed by atoms with Gasteiger partial charge >= 0.3 is 0 Å². The summed E-state index contributed by atoms with van der Waals surface area (Å²) in [6, 6.07) is 14.7. The molecule has 0 fully saturated rings. The maximum atomic E-state index is 4.50. The highest BCUT2D eigenvalue weighted by Gasteiger charge is 2.05. The van der Waals surface area contributed by atoms with Gasteiger partial charge in [0.1, 0.15) is 0 Å². The van der Waals surface area contributed by atoms with Gasteiger partial charge in [-0.3, -0.25) is 0 Å². The van der Waals surface area contributed by atoms with E-state index in [4.69, 9.17) is 0 Å². The van der Waals surface area contributed by atoms with E-state index >= 15 is 0 Å². The molecule has 0 atom stereocenters. The van der Waals surface area contributed by atoms with Gasteiger partial charge in [0, 0.05) is 25.1 Å². The fourth-order valence-corrected chi connectivity index (χ4v) is 3.29. The van der Waals surface area contributed by atoms with E-state index in [9.17, 15) is 0 Å². The zero-order chi connectivity index (χ0) is 9.54. The van der Waals surface area contributed by atoms with Gasteiger partial charge in [-0.1, -0.05) is 24.3 Å².